The molecule has 4 nitrogen and oxygen atoms in total. The second-order valence-electron chi connectivity index (χ2n) is 4.25. The van der Waals surface area contributed by atoms with Gasteiger partial charge < -0.3 is 9.88 Å². The molecule has 0 fully saturated rings. The van der Waals surface area contributed by atoms with E-state index in [1.165, 1.54) is 0 Å². The Labute approximate surface area is 105 Å². The zero-order chi connectivity index (χ0) is 12.4. The summed E-state index contributed by atoms with van der Waals surface area (Å²) in [5, 5.41) is 0. The second kappa shape index (κ2) is 4.49. The Kier molecular flexibility index (Phi) is 2.68. The topological polar surface area (TPSA) is 44.8 Å². The van der Waals surface area contributed by atoms with Crippen LogP contribution in [0.4, 0.5) is 5.95 Å². The van der Waals surface area contributed by atoms with E-state index >= 15 is 0 Å². The fourth-order valence-electron chi connectivity index (χ4n) is 1.93. The number of anilines is 1. The lowest BCUT2D eigenvalue weighted by Crippen LogP contribution is -2.18. The van der Waals surface area contributed by atoms with Crippen LogP contribution in [0.3, 0.4) is 0 Å². The van der Waals surface area contributed by atoms with Gasteiger partial charge >= 0.3 is 0 Å². The summed E-state index contributed by atoms with van der Waals surface area (Å²) in [7, 11) is 2.01. The molecule has 0 aliphatic carbocycles. The van der Waals surface area contributed by atoms with E-state index in [2.05, 4.69) is 19.9 Å². The van der Waals surface area contributed by atoms with E-state index in [1.807, 2.05) is 55.7 Å². The lowest BCUT2D eigenvalue weighted by atomic mass is 10.3. The SMILES string of the molecule is CN(Cc1ccccn1)c1nc2ccccc2[nH]1. The fourth-order valence-corrected chi connectivity index (χ4v) is 1.93. The Morgan fingerprint density at radius 1 is 1.11 bits per heavy atom. The first kappa shape index (κ1) is 10.8. The summed E-state index contributed by atoms with van der Waals surface area (Å²) in [6, 6.07) is 14.0. The number of nitrogens with one attached hydrogen (secondary N) is 1. The maximum atomic E-state index is 4.55. The van der Waals surface area contributed by atoms with Gasteiger partial charge in [0, 0.05) is 13.2 Å². The Balaban J connectivity index is 1.86. The van der Waals surface area contributed by atoms with Crippen LogP contribution < -0.4 is 4.90 Å². The van der Waals surface area contributed by atoms with Crippen LogP contribution >= 0.6 is 0 Å². The number of pyridine rings is 1. The van der Waals surface area contributed by atoms with Gasteiger partial charge in [0.1, 0.15) is 0 Å². The summed E-state index contributed by atoms with van der Waals surface area (Å²) in [6.07, 6.45) is 1.81. The maximum absolute atomic E-state index is 4.55. The van der Waals surface area contributed by atoms with E-state index in [9.17, 15) is 0 Å². The molecule has 0 spiro atoms. The largest absolute Gasteiger partial charge is 0.340 e. The number of benzene rings is 1. The summed E-state index contributed by atoms with van der Waals surface area (Å²) in [6.45, 7) is 0.737. The fraction of sp³-hybridized carbons (Fsp3) is 0.143. The van der Waals surface area contributed by atoms with E-state index in [1.54, 1.807) is 0 Å². The number of aromatic amines is 1. The molecule has 3 rings (SSSR count). The van der Waals surface area contributed by atoms with E-state index in [-0.39, 0.29) is 0 Å². The van der Waals surface area contributed by atoms with E-state index in [0.717, 1.165) is 29.2 Å². The number of rotatable bonds is 3. The molecule has 0 bridgehead atoms. The molecule has 0 aliphatic rings. The molecular weight excluding hydrogens is 224 g/mol. The average Bonchev–Trinajstić information content (AvgIpc) is 2.84. The normalized spacial score (nSPS) is 10.7. The number of H-pyrrole nitrogens is 1. The number of fused-ring (bicyclic) bond motifs is 1. The third kappa shape index (κ3) is 2.05. The number of nitrogens with zero attached hydrogens (tertiary/aromatic N) is 3. The molecule has 18 heavy (non-hydrogen) atoms. The van der Waals surface area contributed by atoms with Gasteiger partial charge in [-0.05, 0) is 24.3 Å². The van der Waals surface area contributed by atoms with Crippen molar-refractivity contribution in [3.63, 3.8) is 0 Å². The van der Waals surface area contributed by atoms with E-state index in [0.29, 0.717) is 0 Å². The number of hydrogen-bond acceptors (Lipinski definition) is 3. The highest BCUT2D eigenvalue weighted by atomic mass is 15.2. The van der Waals surface area contributed by atoms with Crippen LogP contribution in [0.15, 0.2) is 48.7 Å². The molecule has 0 unspecified atom stereocenters. The van der Waals surface area contributed by atoms with Crippen LogP contribution in [0.2, 0.25) is 0 Å². The van der Waals surface area contributed by atoms with Crippen LogP contribution in [0.5, 0.6) is 0 Å². The van der Waals surface area contributed by atoms with E-state index in [4.69, 9.17) is 0 Å². The van der Waals surface area contributed by atoms with Crippen molar-refractivity contribution in [2.24, 2.45) is 0 Å². The molecule has 0 saturated heterocycles. The zero-order valence-corrected chi connectivity index (χ0v) is 10.2. The smallest absolute Gasteiger partial charge is 0.203 e. The van der Waals surface area contributed by atoms with Gasteiger partial charge in [0.15, 0.2) is 0 Å². The van der Waals surface area contributed by atoms with Crippen molar-refractivity contribution in [1.29, 1.82) is 0 Å². The quantitative estimate of drug-likeness (QED) is 0.762. The van der Waals surface area contributed by atoms with Crippen molar-refractivity contribution in [1.82, 2.24) is 15.0 Å². The first-order valence-corrected chi connectivity index (χ1v) is 5.89. The molecule has 0 saturated carbocycles. The molecule has 2 aromatic heterocycles. The van der Waals surface area contributed by atoms with Crippen LogP contribution in [0.25, 0.3) is 11.0 Å². The van der Waals surface area contributed by atoms with E-state index < -0.39 is 0 Å². The van der Waals surface area contributed by atoms with Gasteiger partial charge in [0.05, 0.1) is 23.3 Å². The van der Waals surface area contributed by atoms with Crippen LogP contribution in [-0.4, -0.2) is 22.0 Å². The van der Waals surface area contributed by atoms with Crippen LogP contribution in [0, 0.1) is 0 Å². The molecule has 4 heteroatoms. The van der Waals surface area contributed by atoms with Gasteiger partial charge in [0.25, 0.3) is 0 Å². The minimum atomic E-state index is 0.737. The predicted octanol–water partition coefficient (Wildman–Crippen LogP) is 2.59. The molecule has 0 amide bonds. The van der Waals surface area contributed by atoms with Gasteiger partial charge in [-0.3, -0.25) is 4.98 Å². The number of para-hydroxylation sites is 2. The molecule has 1 N–H and O–H groups in total. The van der Waals surface area contributed by atoms with Gasteiger partial charge in [-0.2, -0.15) is 0 Å². The zero-order valence-electron chi connectivity index (χ0n) is 10.2. The van der Waals surface area contributed by atoms with Gasteiger partial charge in [-0.25, -0.2) is 4.98 Å². The van der Waals surface area contributed by atoms with Crippen molar-refractivity contribution < 1.29 is 0 Å². The molecular formula is C14H14N4. The lowest BCUT2D eigenvalue weighted by Gasteiger charge is -2.14. The third-order valence-corrected chi connectivity index (χ3v) is 2.86. The molecule has 0 atom stereocenters. The minimum Gasteiger partial charge on any atom is -0.340 e. The Morgan fingerprint density at radius 2 is 1.94 bits per heavy atom. The van der Waals surface area contributed by atoms with Crippen molar-refractivity contribution in [2.75, 3.05) is 11.9 Å². The molecule has 90 valence electrons. The molecule has 1 aromatic carbocycles. The van der Waals surface area contributed by atoms with Crippen LogP contribution in [0.1, 0.15) is 5.69 Å². The van der Waals surface area contributed by atoms with Crippen molar-refractivity contribution in [2.45, 2.75) is 6.54 Å². The molecule has 0 aliphatic heterocycles. The third-order valence-electron chi connectivity index (χ3n) is 2.86. The van der Waals surface area contributed by atoms with Crippen molar-refractivity contribution in [3.05, 3.63) is 54.4 Å². The Bertz CT molecular complexity index is 612. The monoisotopic (exact) mass is 238 g/mol. The standard InChI is InChI=1S/C14H14N4/c1-18(10-11-6-4-5-9-15-11)14-16-12-7-2-3-8-13(12)17-14/h2-9H,10H2,1H3,(H,16,17). The van der Waals surface area contributed by atoms with Gasteiger partial charge in [0.2, 0.25) is 5.95 Å². The highest BCUT2D eigenvalue weighted by Gasteiger charge is 2.07. The van der Waals surface area contributed by atoms with Crippen LogP contribution in [-0.2, 0) is 6.54 Å². The maximum Gasteiger partial charge on any atom is 0.203 e. The average molecular weight is 238 g/mol. The summed E-state index contributed by atoms with van der Waals surface area (Å²) in [5.41, 5.74) is 3.07. The lowest BCUT2D eigenvalue weighted by molar-refractivity contribution is 0.855. The first-order valence-electron chi connectivity index (χ1n) is 5.89. The molecule has 2 heterocycles. The number of aromatic nitrogens is 3. The Hall–Kier alpha value is -2.36. The summed E-state index contributed by atoms with van der Waals surface area (Å²) < 4.78 is 0. The number of imidazole rings is 1. The van der Waals surface area contributed by atoms with Gasteiger partial charge in [-0.15, -0.1) is 0 Å². The highest BCUT2D eigenvalue weighted by Crippen LogP contribution is 2.16. The summed E-state index contributed by atoms with van der Waals surface area (Å²) in [4.78, 5) is 14.2. The highest BCUT2D eigenvalue weighted by molar-refractivity contribution is 5.77. The van der Waals surface area contributed by atoms with Crippen molar-refractivity contribution in [3.8, 4) is 0 Å². The summed E-state index contributed by atoms with van der Waals surface area (Å²) >= 11 is 0. The van der Waals surface area contributed by atoms with Crippen molar-refractivity contribution >= 4 is 17.0 Å². The molecule has 0 radical (unpaired) electrons. The predicted molar refractivity (Wildman–Crippen MR) is 72.4 cm³/mol. The minimum absolute atomic E-state index is 0.737. The second-order valence-corrected chi connectivity index (χ2v) is 4.25. The molecule has 3 aromatic rings. The summed E-state index contributed by atoms with van der Waals surface area (Å²) in [5.74, 6) is 0.863. The number of hydrogen-bond donors (Lipinski definition) is 1. The first-order chi connectivity index (χ1) is 8.83. The Morgan fingerprint density at radius 3 is 2.72 bits per heavy atom. The van der Waals surface area contributed by atoms with Gasteiger partial charge in [-0.1, -0.05) is 18.2 Å².